The molecule has 1 unspecified atom stereocenters. The van der Waals surface area contributed by atoms with E-state index in [4.69, 9.17) is 0 Å². The van der Waals surface area contributed by atoms with Gasteiger partial charge in [-0.25, -0.2) is 8.78 Å². The molecule has 0 aliphatic carbocycles. The molecule has 1 atom stereocenters. The van der Waals surface area contributed by atoms with Gasteiger partial charge in [0.05, 0.1) is 0 Å². The minimum atomic E-state index is -0.547. The Labute approximate surface area is 88.8 Å². The van der Waals surface area contributed by atoms with E-state index in [1.165, 1.54) is 12.1 Å². The Morgan fingerprint density at radius 2 is 2.20 bits per heavy atom. The first-order chi connectivity index (χ1) is 7.15. The average Bonchev–Trinajstić information content (AvgIpc) is 2.17. The monoisotopic (exact) mass is 211 g/mol. The van der Waals surface area contributed by atoms with E-state index in [2.05, 4.69) is 11.9 Å². The van der Waals surface area contributed by atoms with E-state index in [0.717, 1.165) is 19.0 Å². The van der Waals surface area contributed by atoms with Gasteiger partial charge >= 0.3 is 0 Å². The quantitative estimate of drug-likeness (QED) is 0.582. The van der Waals surface area contributed by atoms with Crippen LogP contribution < -0.4 is 5.32 Å². The van der Waals surface area contributed by atoms with Crippen LogP contribution in [0.4, 0.5) is 8.78 Å². The lowest BCUT2D eigenvalue weighted by molar-refractivity contribution is 0.521. The Morgan fingerprint density at radius 1 is 1.47 bits per heavy atom. The van der Waals surface area contributed by atoms with Gasteiger partial charge in [-0.05, 0) is 26.0 Å². The van der Waals surface area contributed by atoms with Crippen molar-refractivity contribution in [1.29, 1.82) is 0 Å². The number of halogens is 2. The molecular formula is C12H15F2N. The maximum Gasteiger partial charge on any atom is 0.130 e. The highest BCUT2D eigenvalue weighted by Gasteiger charge is 2.10. The van der Waals surface area contributed by atoms with Crippen LogP contribution in [0.5, 0.6) is 0 Å². The average molecular weight is 211 g/mol. The molecule has 15 heavy (non-hydrogen) atoms. The summed E-state index contributed by atoms with van der Waals surface area (Å²) in [5.41, 5.74) is 0.487. The molecule has 0 fully saturated rings. The molecule has 3 heteroatoms. The van der Waals surface area contributed by atoms with Gasteiger partial charge in [-0.1, -0.05) is 12.1 Å². The third-order valence-electron chi connectivity index (χ3n) is 2.23. The zero-order valence-corrected chi connectivity index (χ0v) is 8.76. The van der Waals surface area contributed by atoms with Gasteiger partial charge in [-0.3, -0.25) is 0 Å². The SMILES string of the molecule is C=CCCNC(C)c1ccc(F)cc1F. The fraction of sp³-hybridized carbons (Fsp3) is 0.333. The van der Waals surface area contributed by atoms with E-state index in [9.17, 15) is 8.78 Å². The lowest BCUT2D eigenvalue weighted by Gasteiger charge is -2.14. The molecule has 0 radical (unpaired) electrons. The summed E-state index contributed by atoms with van der Waals surface area (Å²) >= 11 is 0. The second kappa shape index (κ2) is 5.61. The molecule has 0 aromatic heterocycles. The summed E-state index contributed by atoms with van der Waals surface area (Å²) in [6.07, 6.45) is 2.62. The van der Waals surface area contributed by atoms with Gasteiger partial charge in [0, 0.05) is 17.7 Å². The molecule has 1 aromatic carbocycles. The molecule has 0 aliphatic rings. The van der Waals surface area contributed by atoms with Crippen molar-refractivity contribution in [2.24, 2.45) is 0 Å². The summed E-state index contributed by atoms with van der Waals surface area (Å²) in [6.45, 7) is 6.18. The summed E-state index contributed by atoms with van der Waals surface area (Å²) in [6, 6.07) is 3.52. The third kappa shape index (κ3) is 3.44. The smallest absolute Gasteiger partial charge is 0.130 e. The highest BCUT2D eigenvalue weighted by molar-refractivity contribution is 5.21. The minimum absolute atomic E-state index is 0.120. The van der Waals surface area contributed by atoms with Crippen LogP contribution in [0.25, 0.3) is 0 Å². The van der Waals surface area contributed by atoms with Crippen molar-refractivity contribution in [2.75, 3.05) is 6.54 Å². The number of hydrogen-bond acceptors (Lipinski definition) is 1. The van der Waals surface area contributed by atoms with E-state index in [-0.39, 0.29) is 6.04 Å². The second-order valence-corrected chi connectivity index (χ2v) is 3.42. The molecular weight excluding hydrogens is 196 g/mol. The lowest BCUT2D eigenvalue weighted by Crippen LogP contribution is -2.20. The minimum Gasteiger partial charge on any atom is -0.310 e. The fourth-order valence-electron chi connectivity index (χ4n) is 1.36. The highest BCUT2D eigenvalue weighted by Crippen LogP contribution is 2.17. The molecule has 0 aliphatic heterocycles. The summed E-state index contributed by atoms with van der Waals surface area (Å²) in [5.74, 6) is -1.05. The maximum absolute atomic E-state index is 13.3. The number of benzene rings is 1. The van der Waals surface area contributed by atoms with E-state index in [1.807, 2.05) is 6.92 Å². The van der Waals surface area contributed by atoms with Crippen LogP contribution in [0.15, 0.2) is 30.9 Å². The van der Waals surface area contributed by atoms with Crippen molar-refractivity contribution in [3.8, 4) is 0 Å². The number of rotatable bonds is 5. The molecule has 1 N–H and O–H groups in total. The summed E-state index contributed by atoms with van der Waals surface area (Å²) in [5, 5.41) is 3.13. The van der Waals surface area contributed by atoms with Gasteiger partial charge in [0.25, 0.3) is 0 Å². The zero-order chi connectivity index (χ0) is 11.3. The summed E-state index contributed by atoms with van der Waals surface area (Å²) < 4.78 is 26.0. The fourth-order valence-corrected chi connectivity index (χ4v) is 1.36. The first-order valence-electron chi connectivity index (χ1n) is 4.94. The molecule has 1 aromatic rings. The Morgan fingerprint density at radius 3 is 2.80 bits per heavy atom. The van der Waals surface area contributed by atoms with Crippen LogP contribution in [0.3, 0.4) is 0 Å². The molecule has 0 spiro atoms. The highest BCUT2D eigenvalue weighted by atomic mass is 19.1. The van der Waals surface area contributed by atoms with Gasteiger partial charge in [0.2, 0.25) is 0 Å². The normalized spacial score (nSPS) is 12.5. The van der Waals surface area contributed by atoms with Crippen molar-refractivity contribution in [3.63, 3.8) is 0 Å². The molecule has 0 saturated heterocycles. The Bertz CT molecular complexity index is 336. The van der Waals surface area contributed by atoms with Gasteiger partial charge in [-0.2, -0.15) is 0 Å². The molecule has 0 amide bonds. The molecule has 1 rings (SSSR count). The van der Waals surface area contributed by atoms with E-state index >= 15 is 0 Å². The van der Waals surface area contributed by atoms with Crippen LogP contribution in [0.2, 0.25) is 0 Å². The van der Waals surface area contributed by atoms with Gasteiger partial charge in [0.15, 0.2) is 0 Å². The van der Waals surface area contributed by atoms with Gasteiger partial charge < -0.3 is 5.32 Å². The van der Waals surface area contributed by atoms with E-state index in [0.29, 0.717) is 5.56 Å². The van der Waals surface area contributed by atoms with Crippen LogP contribution in [-0.4, -0.2) is 6.54 Å². The largest absolute Gasteiger partial charge is 0.310 e. The van der Waals surface area contributed by atoms with Crippen LogP contribution in [0.1, 0.15) is 24.9 Å². The van der Waals surface area contributed by atoms with Crippen molar-refractivity contribution < 1.29 is 8.78 Å². The van der Waals surface area contributed by atoms with E-state index in [1.54, 1.807) is 6.08 Å². The standard InChI is InChI=1S/C12H15F2N/c1-3-4-7-15-9(2)11-6-5-10(13)8-12(11)14/h3,5-6,8-9,15H,1,4,7H2,2H3. The first kappa shape index (κ1) is 11.9. The summed E-state index contributed by atoms with van der Waals surface area (Å²) in [7, 11) is 0. The Hall–Kier alpha value is -1.22. The molecule has 0 bridgehead atoms. The molecule has 0 heterocycles. The van der Waals surface area contributed by atoms with Crippen molar-refractivity contribution in [1.82, 2.24) is 5.32 Å². The maximum atomic E-state index is 13.3. The Balaban J connectivity index is 2.64. The zero-order valence-electron chi connectivity index (χ0n) is 8.76. The van der Waals surface area contributed by atoms with Crippen LogP contribution in [-0.2, 0) is 0 Å². The topological polar surface area (TPSA) is 12.0 Å². The van der Waals surface area contributed by atoms with Gasteiger partial charge in [0.1, 0.15) is 11.6 Å². The van der Waals surface area contributed by atoms with E-state index < -0.39 is 11.6 Å². The number of hydrogen-bond donors (Lipinski definition) is 1. The second-order valence-electron chi connectivity index (χ2n) is 3.42. The van der Waals surface area contributed by atoms with Crippen LogP contribution in [0, 0.1) is 11.6 Å². The van der Waals surface area contributed by atoms with Crippen molar-refractivity contribution in [2.45, 2.75) is 19.4 Å². The number of nitrogens with one attached hydrogen (secondary N) is 1. The van der Waals surface area contributed by atoms with Crippen molar-refractivity contribution in [3.05, 3.63) is 48.1 Å². The third-order valence-corrected chi connectivity index (χ3v) is 2.23. The Kier molecular flexibility index (Phi) is 4.43. The molecule has 82 valence electrons. The van der Waals surface area contributed by atoms with Crippen LogP contribution >= 0.6 is 0 Å². The molecule has 1 nitrogen and oxygen atoms in total. The van der Waals surface area contributed by atoms with Crippen molar-refractivity contribution >= 4 is 0 Å². The molecule has 0 saturated carbocycles. The first-order valence-corrected chi connectivity index (χ1v) is 4.94. The predicted octanol–water partition coefficient (Wildman–Crippen LogP) is 3.19. The van der Waals surface area contributed by atoms with Gasteiger partial charge in [-0.15, -0.1) is 6.58 Å². The lowest BCUT2D eigenvalue weighted by atomic mass is 10.1. The summed E-state index contributed by atoms with van der Waals surface area (Å²) in [4.78, 5) is 0. The predicted molar refractivity (Wildman–Crippen MR) is 57.6 cm³/mol.